The number of aryl methyl sites for hydroxylation is 1. The Hall–Kier alpha value is -3.41. The van der Waals surface area contributed by atoms with Gasteiger partial charge in [0.15, 0.2) is 11.8 Å². The van der Waals surface area contributed by atoms with E-state index in [2.05, 4.69) is 25.8 Å². The van der Waals surface area contributed by atoms with Gasteiger partial charge in [-0.1, -0.05) is 30.3 Å². The lowest BCUT2D eigenvalue weighted by Crippen LogP contribution is -2.37. The summed E-state index contributed by atoms with van der Waals surface area (Å²) in [7, 11) is 3.59. The molecule has 4 aromatic rings. The van der Waals surface area contributed by atoms with Crippen LogP contribution < -0.4 is 15.4 Å². The van der Waals surface area contributed by atoms with E-state index in [1.807, 2.05) is 73.1 Å². The van der Waals surface area contributed by atoms with E-state index < -0.39 is 0 Å². The molecule has 178 valence electrons. The lowest BCUT2D eigenvalue weighted by atomic mass is 10.2. The molecule has 0 aliphatic rings. The van der Waals surface area contributed by atoms with E-state index in [1.54, 1.807) is 13.4 Å². The molecule has 2 aromatic heterocycles. The largest absolute Gasteiger partial charge is 0.497 e. The van der Waals surface area contributed by atoms with E-state index in [4.69, 9.17) is 14.1 Å². The van der Waals surface area contributed by atoms with Gasteiger partial charge in [0.25, 0.3) is 0 Å². The van der Waals surface area contributed by atoms with Gasteiger partial charge in [-0.2, -0.15) is 0 Å². The third-order valence-electron chi connectivity index (χ3n) is 5.18. The molecule has 9 nitrogen and oxygen atoms in total. The van der Waals surface area contributed by atoms with Gasteiger partial charge in [0, 0.05) is 12.6 Å². The van der Waals surface area contributed by atoms with Crippen LogP contribution in [0.1, 0.15) is 22.9 Å². The molecular formula is C24H28IN7O2. The van der Waals surface area contributed by atoms with Crippen LogP contribution in [0, 0.1) is 6.92 Å². The number of nitrogens with one attached hydrogen (secondary N) is 2. The summed E-state index contributed by atoms with van der Waals surface area (Å²) in [4.78, 5) is 9.29. The molecule has 0 aliphatic heterocycles. The van der Waals surface area contributed by atoms with E-state index in [0.717, 1.165) is 34.2 Å². The van der Waals surface area contributed by atoms with Gasteiger partial charge in [-0.25, -0.2) is 9.98 Å². The van der Waals surface area contributed by atoms with Crippen LogP contribution in [0.25, 0.3) is 11.5 Å². The maximum absolute atomic E-state index is 5.64. The fourth-order valence-electron chi connectivity index (χ4n) is 3.12. The molecule has 0 fully saturated rings. The molecule has 34 heavy (non-hydrogen) atoms. The van der Waals surface area contributed by atoms with Crippen molar-refractivity contribution < 1.29 is 9.15 Å². The van der Waals surface area contributed by atoms with Crippen molar-refractivity contribution in [2.45, 2.75) is 26.6 Å². The second kappa shape index (κ2) is 12.2. The van der Waals surface area contributed by atoms with Crippen molar-refractivity contribution in [2.75, 3.05) is 7.11 Å². The molecule has 0 spiro atoms. The van der Waals surface area contributed by atoms with Crippen molar-refractivity contribution in [3.05, 3.63) is 83.8 Å². The number of hydrogen-bond acceptors (Lipinski definition) is 6. The molecule has 0 unspecified atom stereocenters. The maximum Gasteiger partial charge on any atom is 0.226 e. The first-order valence-electron chi connectivity index (χ1n) is 10.6. The Kier molecular flexibility index (Phi) is 9.02. The van der Waals surface area contributed by atoms with Crippen LogP contribution in [0.5, 0.6) is 5.75 Å². The molecule has 0 bridgehead atoms. The van der Waals surface area contributed by atoms with Gasteiger partial charge >= 0.3 is 0 Å². The Labute approximate surface area is 215 Å². The van der Waals surface area contributed by atoms with Gasteiger partial charge in [0.05, 0.1) is 32.4 Å². The van der Waals surface area contributed by atoms with Gasteiger partial charge in [0.1, 0.15) is 17.8 Å². The van der Waals surface area contributed by atoms with Crippen LogP contribution in [0.3, 0.4) is 0 Å². The zero-order chi connectivity index (χ0) is 23.0. The molecule has 2 aromatic carbocycles. The van der Waals surface area contributed by atoms with Crippen LogP contribution in [0.15, 0.2) is 70.3 Å². The summed E-state index contributed by atoms with van der Waals surface area (Å²) in [5.41, 5.74) is 2.79. The zero-order valence-electron chi connectivity index (χ0n) is 19.4. The number of oxazole rings is 1. The summed E-state index contributed by atoms with van der Waals surface area (Å²) in [6, 6.07) is 17.7. The van der Waals surface area contributed by atoms with Gasteiger partial charge in [-0.15, -0.1) is 34.2 Å². The number of aromatic nitrogens is 4. The van der Waals surface area contributed by atoms with Crippen LogP contribution in [-0.2, 0) is 26.7 Å². The molecule has 0 saturated heterocycles. The monoisotopic (exact) mass is 573 g/mol. The number of rotatable bonds is 8. The minimum atomic E-state index is 0. The second-order valence-electron chi connectivity index (χ2n) is 7.45. The number of halogens is 1. The average Bonchev–Trinajstić information content (AvgIpc) is 3.46. The van der Waals surface area contributed by atoms with E-state index in [0.29, 0.717) is 31.5 Å². The molecule has 0 amide bonds. The number of hydrogen-bond donors (Lipinski definition) is 2. The standard InChI is InChI=1S/C24H27N7O2.HI/c1-17-29-30-22(31(17)2)15-27-24(25-13-18-9-11-21(32-3)12-10-18)26-14-20-16-33-23(28-20)19-7-5-4-6-8-19;/h4-12,16H,13-15H2,1-3H3,(H2,25,26,27);1H. The summed E-state index contributed by atoms with van der Waals surface area (Å²) in [6.45, 7) is 3.37. The van der Waals surface area contributed by atoms with Crippen LogP contribution in [-0.4, -0.2) is 32.8 Å². The highest BCUT2D eigenvalue weighted by molar-refractivity contribution is 14.0. The number of methoxy groups -OCH3 is 1. The summed E-state index contributed by atoms with van der Waals surface area (Å²) in [6.07, 6.45) is 1.66. The minimum Gasteiger partial charge on any atom is -0.497 e. The molecular weight excluding hydrogens is 545 g/mol. The Morgan fingerprint density at radius 3 is 2.44 bits per heavy atom. The van der Waals surface area contributed by atoms with E-state index in [1.165, 1.54) is 0 Å². The molecule has 10 heteroatoms. The number of guanidine groups is 1. The summed E-state index contributed by atoms with van der Waals surface area (Å²) >= 11 is 0. The third-order valence-corrected chi connectivity index (χ3v) is 5.18. The first kappa shape index (κ1) is 25.2. The van der Waals surface area contributed by atoms with Crippen LogP contribution in [0.2, 0.25) is 0 Å². The van der Waals surface area contributed by atoms with Crippen molar-refractivity contribution in [1.29, 1.82) is 0 Å². The number of ether oxygens (including phenoxy) is 1. The van der Waals surface area contributed by atoms with Gasteiger partial charge in [-0.05, 0) is 36.8 Å². The van der Waals surface area contributed by atoms with Crippen molar-refractivity contribution >= 4 is 29.9 Å². The molecule has 0 saturated carbocycles. The molecule has 2 N–H and O–H groups in total. The summed E-state index contributed by atoms with van der Waals surface area (Å²) < 4.78 is 12.8. The molecule has 0 radical (unpaired) electrons. The molecule has 4 rings (SSSR count). The lowest BCUT2D eigenvalue weighted by Gasteiger charge is -2.12. The number of aliphatic imine (C=N–C) groups is 1. The third kappa shape index (κ3) is 6.56. The number of benzene rings is 2. The van der Waals surface area contributed by atoms with Crippen molar-refractivity contribution in [2.24, 2.45) is 12.0 Å². The Balaban J connectivity index is 0.00000324. The van der Waals surface area contributed by atoms with Gasteiger partial charge < -0.3 is 24.4 Å². The fraction of sp³-hybridized carbons (Fsp3) is 0.250. The normalized spacial score (nSPS) is 11.1. The van der Waals surface area contributed by atoms with Gasteiger partial charge in [-0.3, -0.25) is 0 Å². The smallest absolute Gasteiger partial charge is 0.226 e. The summed E-state index contributed by atoms with van der Waals surface area (Å²) in [5, 5.41) is 15.0. The lowest BCUT2D eigenvalue weighted by molar-refractivity contribution is 0.414. The van der Waals surface area contributed by atoms with E-state index in [-0.39, 0.29) is 24.0 Å². The number of nitrogens with zero attached hydrogens (tertiary/aromatic N) is 5. The topological polar surface area (TPSA) is 102 Å². The van der Waals surface area contributed by atoms with E-state index >= 15 is 0 Å². The average molecular weight is 573 g/mol. The maximum atomic E-state index is 5.64. The first-order chi connectivity index (χ1) is 16.1. The van der Waals surface area contributed by atoms with Crippen LogP contribution >= 0.6 is 24.0 Å². The van der Waals surface area contributed by atoms with Crippen molar-refractivity contribution in [3.63, 3.8) is 0 Å². The van der Waals surface area contributed by atoms with E-state index in [9.17, 15) is 0 Å². The second-order valence-corrected chi connectivity index (χ2v) is 7.45. The Bertz CT molecular complexity index is 1200. The van der Waals surface area contributed by atoms with Crippen LogP contribution in [0.4, 0.5) is 0 Å². The zero-order valence-corrected chi connectivity index (χ0v) is 21.7. The highest BCUT2D eigenvalue weighted by Gasteiger charge is 2.09. The van der Waals surface area contributed by atoms with Crippen molar-refractivity contribution in [1.82, 2.24) is 30.4 Å². The predicted octanol–water partition coefficient (Wildman–Crippen LogP) is 3.84. The predicted molar refractivity (Wildman–Crippen MR) is 141 cm³/mol. The molecule has 0 atom stereocenters. The Morgan fingerprint density at radius 1 is 1.03 bits per heavy atom. The highest BCUT2D eigenvalue weighted by Crippen LogP contribution is 2.17. The van der Waals surface area contributed by atoms with Crippen molar-refractivity contribution in [3.8, 4) is 17.2 Å². The fourth-order valence-corrected chi connectivity index (χ4v) is 3.12. The first-order valence-corrected chi connectivity index (χ1v) is 10.6. The molecule has 0 aliphatic carbocycles. The quantitative estimate of drug-likeness (QED) is 0.188. The molecule has 2 heterocycles. The minimum absolute atomic E-state index is 0. The SMILES string of the molecule is COc1ccc(CN=C(NCc2coc(-c3ccccc3)n2)NCc2nnc(C)n2C)cc1.I. The Morgan fingerprint density at radius 2 is 1.76 bits per heavy atom. The highest BCUT2D eigenvalue weighted by atomic mass is 127. The van der Waals surface area contributed by atoms with Gasteiger partial charge in [0.2, 0.25) is 5.89 Å². The summed E-state index contributed by atoms with van der Waals surface area (Å²) in [5.74, 6) is 3.71.